The molecule has 0 aliphatic rings. The van der Waals surface area contributed by atoms with Gasteiger partial charge in [-0.15, -0.1) is 0 Å². The fraction of sp³-hybridized carbons (Fsp3) is 0.400. The average Bonchev–Trinajstić information content (AvgIpc) is 2.16. The van der Waals surface area contributed by atoms with Gasteiger partial charge in [0.2, 0.25) is 5.91 Å². The van der Waals surface area contributed by atoms with Crippen molar-refractivity contribution in [1.82, 2.24) is 10.3 Å². The number of nitrogens with zero attached hydrogens (tertiary/aromatic N) is 1. The number of aromatic nitrogens is 1. The summed E-state index contributed by atoms with van der Waals surface area (Å²) in [5, 5.41) is 5.77. The van der Waals surface area contributed by atoms with Gasteiger partial charge in [0.05, 0.1) is 0 Å². The minimum atomic E-state index is -0.105. The third-order valence-corrected chi connectivity index (χ3v) is 2.02. The van der Waals surface area contributed by atoms with Crippen LogP contribution in [0.3, 0.4) is 0 Å². The van der Waals surface area contributed by atoms with Crippen molar-refractivity contribution in [2.24, 2.45) is 0 Å². The highest BCUT2D eigenvalue weighted by atomic mass is 16.1. The fourth-order valence-corrected chi connectivity index (χ4v) is 1.13. The van der Waals surface area contributed by atoms with E-state index in [1.54, 1.807) is 6.20 Å². The Balaban J connectivity index is 2.83. The minimum absolute atomic E-state index is 0.105. The van der Waals surface area contributed by atoms with Gasteiger partial charge in [0, 0.05) is 19.2 Å². The highest BCUT2D eigenvalue weighted by Gasteiger charge is 2.04. The van der Waals surface area contributed by atoms with Gasteiger partial charge in [0.25, 0.3) is 0 Å². The molecule has 76 valence electrons. The number of hydrogen-bond acceptors (Lipinski definition) is 3. The largest absolute Gasteiger partial charge is 0.313 e. The van der Waals surface area contributed by atoms with Gasteiger partial charge in [-0.05, 0) is 31.7 Å². The van der Waals surface area contributed by atoms with Gasteiger partial charge in [0.15, 0.2) is 0 Å². The van der Waals surface area contributed by atoms with Gasteiger partial charge < -0.3 is 10.6 Å². The molecule has 1 atom stereocenters. The molecule has 14 heavy (non-hydrogen) atoms. The zero-order valence-electron chi connectivity index (χ0n) is 8.66. The number of anilines is 1. The first-order valence-corrected chi connectivity index (χ1v) is 4.54. The van der Waals surface area contributed by atoms with Crippen LogP contribution in [0, 0.1) is 0 Å². The topological polar surface area (TPSA) is 54.0 Å². The van der Waals surface area contributed by atoms with Crippen LogP contribution in [0.15, 0.2) is 18.3 Å². The van der Waals surface area contributed by atoms with E-state index in [4.69, 9.17) is 0 Å². The molecule has 0 unspecified atom stereocenters. The van der Waals surface area contributed by atoms with E-state index in [0.29, 0.717) is 5.82 Å². The van der Waals surface area contributed by atoms with Crippen LogP contribution >= 0.6 is 0 Å². The van der Waals surface area contributed by atoms with E-state index >= 15 is 0 Å². The summed E-state index contributed by atoms with van der Waals surface area (Å²) in [4.78, 5) is 14.8. The van der Waals surface area contributed by atoms with E-state index in [0.717, 1.165) is 5.56 Å². The predicted octanol–water partition coefficient (Wildman–Crippen LogP) is 1.32. The maximum Gasteiger partial charge on any atom is 0.222 e. The Hall–Kier alpha value is -1.42. The van der Waals surface area contributed by atoms with Crippen LogP contribution in [0.1, 0.15) is 25.5 Å². The summed E-state index contributed by atoms with van der Waals surface area (Å²) >= 11 is 0. The zero-order valence-corrected chi connectivity index (χ0v) is 8.66. The molecule has 0 fully saturated rings. The lowest BCUT2D eigenvalue weighted by atomic mass is 10.1. The standard InChI is InChI=1S/C10H15N3O/c1-7(11-3)9-4-5-12-10(6-9)13-8(2)14/h4-7,11H,1-3H3,(H,12,13,14)/t7-/m1/s1. The van der Waals surface area contributed by atoms with Crippen LogP contribution in [-0.2, 0) is 4.79 Å². The second-order valence-electron chi connectivity index (χ2n) is 3.17. The number of rotatable bonds is 3. The summed E-state index contributed by atoms with van der Waals surface area (Å²) < 4.78 is 0. The van der Waals surface area contributed by atoms with Crippen LogP contribution < -0.4 is 10.6 Å². The van der Waals surface area contributed by atoms with Gasteiger partial charge in [-0.3, -0.25) is 4.79 Å². The van der Waals surface area contributed by atoms with Crippen molar-refractivity contribution in [3.63, 3.8) is 0 Å². The number of carbonyl (C=O) groups excluding carboxylic acids is 1. The monoisotopic (exact) mass is 193 g/mol. The zero-order chi connectivity index (χ0) is 10.6. The molecule has 0 saturated carbocycles. The van der Waals surface area contributed by atoms with Crippen molar-refractivity contribution in [3.8, 4) is 0 Å². The maximum atomic E-state index is 10.8. The molecular weight excluding hydrogens is 178 g/mol. The Bertz CT molecular complexity index is 325. The molecular formula is C10H15N3O. The van der Waals surface area contributed by atoms with Gasteiger partial charge in [0.1, 0.15) is 5.82 Å². The molecule has 1 heterocycles. The number of amides is 1. The normalized spacial score (nSPS) is 12.2. The molecule has 1 aromatic heterocycles. The van der Waals surface area contributed by atoms with Gasteiger partial charge >= 0.3 is 0 Å². The molecule has 0 radical (unpaired) electrons. The number of nitrogens with one attached hydrogen (secondary N) is 2. The van der Waals surface area contributed by atoms with Crippen molar-refractivity contribution in [2.45, 2.75) is 19.9 Å². The SMILES string of the molecule is CN[C@H](C)c1ccnc(NC(C)=O)c1. The van der Waals surface area contributed by atoms with Crippen LogP contribution in [0.25, 0.3) is 0 Å². The summed E-state index contributed by atoms with van der Waals surface area (Å²) in [5.41, 5.74) is 1.10. The first kappa shape index (κ1) is 10.7. The van der Waals surface area contributed by atoms with Crippen molar-refractivity contribution >= 4 is 11.7 Å². The highest BCUT2D eigenvalue weighted by molar-refractivity contribution is 5.87. The van der Waals surface area contributed by atoms with E-state index in [1.165, 1.54) is 6.92 Å². The molecule has 2 N–H and O–H groups in total. The Morgan fingerprint density at radius 2 is 2.29 bits per heavy atom. The average molecular weight is 193 g/mol. The molecule has 0 bridgehead atoms. The van der Waals surface area contributed by atoms with Crippen LogP contribution in [-0.4, -0.2) is 17.9 Å². The van der Waals surface area contributed by atoms with Crippen molar-refractivity contribution in [1.29, 1.82) is 0 Å². The Morgan fingerprint density at radius 1 is 1.57 bits per heavy atom. The highest BCUT2D eigenvalue weighted by Crippen LogP contribution is 2.14. The van der Waals surface area contributed by atoms with E-state index in [2.05, 4.69) is 15.6 Å². The van der Waals surface area contributed by atoms with Crippen LogP contribution in [0.2, 0.25) is 0 Å². The van der Waals surface area contributed by atoms with Crippen LogP contribution in [0.5, 0.6) is 0 Å². The Labute approximate surface area is 83.7 Å². The molecule has 0 spiro atoms. The van der Waals surface area contributed by atoms with Crippen molar-refractivity contribution in [2.75, 3.05) is 12.4 Å². The molecule has 0 aromatic carbocycles. The molecule has 0 aliphatic carbocycles. The Kier molecular flexibility index (Phi) is 3.59. The maximum absolute atomic E-state index is 10.8. The quantitative estimate of drug-likeness (QED) is 0.761. The minimum Gasteiger partial charge on any atom is -0.313 e. The summed E-state index contributed by atoms with van der Waals surface area (Å²) in [6.07, 6.45) is 1.69. The lowest BCUT2D eigenvalue weighted by Gasteiger charge is -2.11. The molecule has 1 rings (SSSR count). The lowest BCUT2D eigenvalue weighted by Crippen LogP contribution is -2.13. The smallest absolute Gasteiger partial charge is 0.222 e. The third-order valence-electron chi connectivity index (χ3n) is 2.02. The van der Waals surface area contributed by atoms with E-state index in [-0.39, 0.29) is 11.9 Å². The second-order valence-corrected chi connectivity index (χ2v) is 3.17. The Morgan fingerprint density at radius 3 is 2.86 bits per heavy atom. The van der Waals surface area contributed by atoms with E-state index < -0.39 is 0 Å². The van der Waals surface area contributed by atoms with Gasteiger partial charge in [-0.25, -0.2) is 4.98 Å². The third kappa shape index (κ3) is 2.81. The first-order chi connectivity index (χ1) is 6.63. The van der Waals surface area contributed by atoms with Gasteiger partial charge in [-0.1, -0.05) is 0 Å². The van der Waals surface area contributed by atoms with E-state index in [1.807, 2.05) is 26.1 Å². The van der Waals surface area contributed by atoms with E-state index in [9.17, 15) is 4.79 Å². The molecule has 0 saturated heterocycles. The summed E-state index contributed by atoms with van der Waals surface area (Å²) in [5.74, 6) is 0.490. The molecule has 1 amide bonds. The van der Waals surface area contributed by atoms with Crippen LogP contribution in [0.4, 0.5) is 5.82 Å². The number of carbonyl (C=O) groups is 1. The summed E-state index contributed by atoms with van der Waals surface area (Å²) in [7, 11) is 1.89. The fourth-order valence-electron chi connectivity index (χ4n) is 1.13. The van der Waals surface area contributed by atoms with Crippen molar-refractivity contribution in [3.05, 3.63) is 23.9 Å². The first-order valence-electron chi connectivity index (χ1n) is 4.54. The van der Waals surface area contributed by atoms with Gasteiger partial charge in [-0.2, -0.15) is 0 Å². The summed E-state index contributed by atoms with van der Waals surface area (Å²) in [6.45, 7) is 3.52. The number of hydrogen-bond donors (Lipinski definition) is 2. The molecule has 4 nitrogen and oxygen atoms in total. The second kappa shape index (κ2) is 4.72. The summed E-state index contributed by atoms with van der Waals surface area (Å²) in [6, 6.07) is 4.04. The molecule has 4 heteroatoms. The number of pyridine rings is 1. The van der Waals surface area contributed by atoms with Crippen molar-refractivity contribution < 1.29 is 4.79 Å². The predicted molar refractivity (Wildman–Crippen MR) is 56.0 cm³/mol. The lowest BCUT2D eigenvalue weighted by molar-refractivity contribution is -0.114. The molecule has 1 aromatic rings. The molecule has 0 aliphatic heterocycles.